The largest absolute Gasteiger partial charge is 0.338 e. The number of amides is 1. The highest BCUT2D eigenvalue weighted by atomic mass is 16.2. The molecule has 84 valence electrons. The SMILES string of the molecule is NNC(=O)c1cc2c(nn1)[nH]c1ccccc12. The van der Waals surface area contributed by atoms with Crippen molar-refractivity contribution in [3.8, 4) is 0 Å². The summed E-state index contributed by atoms with van der Waals surface area (Å²) in [5, 5.41) is 9.62. The lowest BCUT2D eigenvalue weighted by Gasteiger charge is -1.97. The third kappa shape index (κ3) is 1.42. The number of nitrogens with zero attached hydrogens (tertiary/aromatic N) is 2. The minimum Gasteiger partial charge on any atom is -0.338 e. The van der Waals surface area contributed by atoms with Crippen molar-refractivity contribution in [3.63, 3.8) is 0 Å². The maximum absolute atomic E-state index is 11.4. The summed E-state index contributed by atoms with van der Waals surface area (Å²) < 4.78 is 0. The average Bonchev–Trinajstić information content (AvgIpc) is 2.75. The first-order valence-electron chi connectivity index (χ1n) is 5.04. The van der Waals surface area contributed by atoms with Crippen LogP contribution in [0, 0.1) is 0 Å². The second-order valence-electron chi connectivity index (χ2n) is 3.64. The lowest BCUT2D eigenvalue weighted by molar-refractivity contribution is 0.0948. The molecule has 0 aliphatic carbocycles. The van der Waals surface area contributed by atoms with Crippen LogP contribution >= 0.6 is 0 Å². The van der Waals surface area contributed by atoms with Gasteiger partial charge in [0.2, 0.25) is 0 Å². The van der Waals surface area contributed by atoms with Gasteiger partial charge in [-0.3, -0.25) is 10.2 Å². The number of fused-ring (bicyclic) bond motifs is 3. The number of hydrazine groups is 1. The second-order valence-corrected chi connectivity index (χ2v) is 3.64. The first-order chi connectivity index (χ1) is 8.29. The zero-order valence-electron chi connectivity index (χ0n) is 8.77. The van der Waals surface area contributed by atoms with E-state index < -0.39 is 5.91 Å². The van der Waals surface area contributed by atoms with Gasteiger partial charge in [-0.1, -0.05) is 18.2 Å². The molecule has 0 saturated carbocycles. The number of nitrogens with two attached hydrogens (primary N) is 1. The van der Waals surface area contributed by atoms with E-state index in [1.807, 2.05) is 29.7 Å². The Morgan fingerprint density at radius 1 is 1.24 bits per heavy atom. The topological polar surface area (TPSA) is 96.7 Å². The molecule has 4 N–H and O–H groups in total. The number of nitrogens with one attached hydrogen (secondary N) is 2. The van der Waals surface area contributed by atoms with Gasteiger partial charge < -0.3 is 4.98 Å². The van der Waals surface area contributed by atoms with Crippen molar-refractivity contribution >= 4 is 27.8 Å². The molecule has 0 aliphatic rings. The number of nitrogen functional groups attached to an aromatic ring is 1. The zero-order valence-corrected chi connectivity index (χ0v) is 8.77. The summed E-state index contributed by atoms with van der Waals surface area (Å²) in [4.78, 5) is 14.5. The van der Waals surface area contributed by atoms with Crippen molar-refractivity contribution in [3.05, 3.63) is 36.0 Å². The van der Waals surface area contributed by atoms with Crippen molar-refractivity contribution in [2.75, 3.05) is 0 Å². The highest BCUT2D eigenvalue weighted by Crippen LogP contribution is 2.23. The summed E-state index contributed by atoms with van der Waals surface area (Å²) in [7, 11) is 0. The van der Waals surface area contributed by atoms with Crippen LogP contribution in [0.3, 0.4) is 0 Å². The van der Waals surface area contributed by atoms with Gasteiger partial charge in [0.1, 0.15) is 0 Å². The van der Waals surface area contributed by atoms with Gasteiger partial charge in [-0.2, -0.15) is 0 Å². The zero-order chi connectivity index (χ0) is 11.8. The minimum atomic E-state index is -0.454. The molecule has 2 heterocycles. The van der Waals surface area contributed by atoms with Gasteiger partial charge in [-0.25, -0.2) is 5.84 Å². The van der Waals surface area contributed by atoms with Crippen molar-refractivity contribution in [1.29, 1.82) is 0 Å². The van der Waals surface area contributed by atoms with E-state index in [4.69, 9.17) is 5.84 Å². The summed E-state index contributed by atoms with van der Waals surface area (Å²) in [5.41, 5.74) is 3.85. The molecule has 3 aromatic rings. The van der Waals surface area contributed by atoms with Crippen LogP contribution in [0.1, 0.15) is 10.5 Å². The minimum absolute atomic E-state index is 0.199. The van der Waals surface area contributed by atoms with Crippen LogP contribution in [0.25, 0.3) is 21.9 Å². The van der Waals surface area contributed by atoms with Gasteiger partial charge in [-0.05, 0) is 12.1 Å². The quantitative estimate of drug-likeness (QED) is 0.324. The van der Waals surface area contributed by atoms with E-state index in [2.05, 4.69) is 15.2 Å². The van der Waals surface area contributed by atoms with E-state index in [1.54, 1.807) is 6.07 Å². The van der Waals surface area contributed by atoms with Crippen LogP contribution in [-0.2, 0) is 0 Å². The Kier molecular flexibility index (Phi) is 2.02. The normalized spacial score (nSPS) is 10.9. The van der Waals surface area contributed by atoms with Gasteiger partial charge in [-0.15, -0.1) is 10.2 Å². The van der Waals surface area contributed by atoms with Gasteiger partial charge in [0.05, 0.1) is 0 Å². The Morgan fingerprint density at radius 3 is 2.88 bits per heavy atom. The lowest BCUT2D eigenvalue weighted by atomic mass is 10.2. The number of rotatable bonds is 1. The molecule has 0 saturated heterocycles. The lowest BCUT2D eigenvalue weighted by Crippen LogP contribution is -2.30. The predicted octanol–water partition coefficient (Wildman–Crippen LogP) is 0.715. The highest BCUT2D eigenvalue weighted by molar-refractivity contribution is 6.07. The highest BCUT2D eigenvalue weighted by Gasteiger charge is 2.10. The number of hydrogen-bond acceptors (Lipinski definition) is 4. The molecular formula is C11H9N5O. The third-order valence-corrected chi connectivity index (χ3v) is 2.63. The Bertz CT molecular complexity index is 718. The number of para-hydroxylation sites is 1. The smallest absolute Gasteiger partial charge is 0.285 e. The fourth-order valence-corrected chi connectivity index (χ4v) is 1.83. The molecule has 0 fully saturated rings. The third-order valence-electron chi connectivity index (χ3n) is 2.63. The average molecular weight is 227 g/mol. The molecule has 0 unspecified atom stereocenters. The standard InChI is InChI=1S/C11H9N5O/c12-14-11(17)9-5-7-6-3-1-2-4-8(6)13-10(7)16-15-9/h1-5H,12H2,(H,13,16)(H,14,17). The van der Waals surface area contributed by atoms with Gasteiger partial charge in [0.25, 0.3) is 5.91 Å². The second kappa shape index (κ2) is 3.53. The summed E-state index contributed by atoms with van der Waals surface area (Å²) in [5.74, 6) is 4.61. The Balaban J connectivity index is 2.33. The van der Waals surface area contributed by atoms with Crippen molar-refractivity contribution in [2.45, 2.75) is 0 Å². The molecular weight excluding hydrogens is 218 g/mol. The number of carbonyl (C=O) groups is 1. The maximum atomic E-state index is 11.4. The monoisotopic (exact) mass is 227 g/mol. The van der Waals surface area contributed by atoms with E-state index in [-0.39, 0.29) is 5.69 Å². The van der Waals surface area contributed by atoms with Crippen molar-refractivity contribution < 1.29 is 4.79 Å². The van der Waals surface area contributed by atoms with Crippen LogP contribution < -0.4 is 11.3 Å². The van der Waals surface area contributed by atoms with E-state index in [0.29, 0.717) is 5.65 Å². The summed E-state index contributed by atoms with van der Waals surface area (Å²) in [6.07, 6.45) is 0. The Labute approximate surface area is 95.8 Å². The fraction of sp³-hybridized carbons (Fsp3) is 0. The number of benzene rings is 1. The van der Waals surface area contributed by atoms with E-state index >= 15 is 0 Å². The molecule has 6 nitrogen and oxygen atoms in total. The molecule has 0 aliphatic heterocycles. The number of hydrogen-bond donors (Lipinski definition) is 3. The summed E-state index contributed by atoms with van der Waals surface area (Å²) >= 11 is 0. The van der Waals surface area contributed by atoms with Gasteiger partial charge >= 0.3 is 0 Å². The van der Waals surface area contributed by atoms with Gasteiger partial charge in [0.15, 0.2) is 11.3 Å². The predicted molar refractivity (Wildman–Crippen MR) is 63.0 cm³/mol. The first-order valence-corrected chi connectivity index (χ1v) is 5.04. The van der Waals surface area contributed by atoms with Crippen molar-refractivity contribution in [2.24, 2.45) is 5.84 Å². The first kappa shape index (κ1) is 9.73. The molecule has 17 heavy (non-hydrogen) atoms. The van der Waals surface area contributed by atoms with Crippen LogP contribution in [0.4, 0.5) is 0 Å². The molecule has 0 spiro atoms. The van der Waals surface area contributed by atoms with E-state index in [1.165, 1.54) is 0 Å². The van der Waals surface area contributed by atoms with Crippen LogP contribution in [0.5, 0.6) is 0 Å². The molecule has 6 heteroatoms. The molecule has 1 amide bonds. The van der Waals surface area contributed by atoms with E-state index in [9.17, 15) is 4.79 Å². The Morgan fingerprint density at radius 2 is 2.06 bits per heavy atom. The van der Waals surface area contributed by atoms with Crippen LogP contribution in [0.2, 0.25) is 0 Å². The van der Waals surface area contributed by atoms with Crippen LogP contribution in [-0.4, -0.2) is 21.1 Å². The number of aromatic nitrogens is 3. The number of H-pyrrole nitrogens is 1. The number of carbonyl (C=O) groups excluding carboxylic acids is 1. The molecule has 1 aromatic carbocycles. The number of aromatic amines is 1. The summed E-state index contributed by atoms with van der Waals surface area (Å²) in [6.45, 7) is 0. The van der Waals surface area contributed by atoms with E-state index in [0.717, 1.165) is 16.3 Å². The van der Waals surface area contributed by atoms with Crippen molar-refractivity contribution in [1.82, 2.24) is 20.6 Å². The molecule has 0 bridgehead atoms. The Hall–Kier alpha value is -2.47. The molecule has 3 rings (SSSR count). The summed E-state index contributed by atoms with van der Waals surface area (Å²) in [6, 6.07) is 9.43. The fourth-order valence-electron chi connectivity index (χ4n) is 1.83. The molecule has 2 aromatic heterocycles. The molecule has 0 radical (unpaired) electrons. The van der Waals surface area contributed by atoms with Crippen LogP contribution in [0.15, 0.2) is 30.3 Å². The van der Waals surface area contributed by atoms with Gasteiger partial charge in [0, 0.05) is 16.3 Å². The maximum Gasteiger partial charge on any atom is 0.285 e. The molecule has 0 atom stereocenters.